The van der Waals surface area contributed by atoms with Gasteiger partial charge in [-0.2, -0.15) is 5.10 Å². The van der Waals surface area contributed by atoms with Gasteiger partial charge in [0.05, 0.1) is 23.1 Å². The van der Waals surface area contributed by atoms with Gasteiger partial charge in [0.25, 0.3) is 11.5 Å². The number of aryl methyl sites for hydroxylation is 1. The highest BCUT2D eigenvalue weighted by Gasteiger charge is 2.32. The first-order chi connectivity index (χ1) is 11.6. The van der Waals surface area contributed by atoms with Crippen LogP contribution in [0.1, 0.15) is 33.7 Å². The molecule has 1 aliphatic carbocycles. The predicted octanol–water partition coefficient (Wildman–Crippen LogP) is -0.217. The molecule has 2 aliphatic rings. The number of rotatable bonds is 3. The Morgan fingerprint density at radius 2 is 2.21 bits per heavy atom. The van der Waals surface area contributed by atoms with E-state index < -0.39 is 0 Å². The van der Waals surface area contributed by atoms with Crippen LogP contribution < -0.4 is 11.3 Å². The third kappa shape index (κ3) is 2.25. The number of hydrogen-bond donors (Lipinski definition) is 2. The van der Waals surface area contributed by atoms with E-state index in [4.69, 9.17) is 5.73 Å². The minimum absolute atomic E-state index is 0.0491. The lowest BCUT2D eigenvalue weighted by molar-refractivity contribution is 0.0514. The molecule has 2 aromatic heterocycles. The quantitative estimate of drug-likeness (QED) is 0.810. The normalized spacial score (nSPS) is 17.0. The molecule has 8 nitrogen and oxygen atoms in total. The number of nitrogens with two attached hydrogens (primary N) is 1. The molecule has 0 saturated carbocycles. The molecular formula is C16H20N6O2. The number of fused-ring (bicyclic) bond motifs is 1. The van der Waals surface area contributed by atoms with Crippen LogP contribution in [0.25, 0.3) is 5.95 Å². The van der Waals surface area contributed by atoms with Gasteiger partial charge in [0, 0.05) is 24.6 Å². The Labute approximate surface area is 138 Å². The van der Waals surface area contributed by atoms with Crippen LogP contribution in [0.3, 0.4) is 0 Å². The van der Waals surface area contributed by atoms with E-state index in [1.165, 1.54) is 4.68 Å². The summed E-state index contributed by atoms with van der Waals surface area (Å²) in [6.07, 6.45) is 4.08. The van der Waals surface area contributed by atoms with E-state index in [-0.39, 0.29) is 11.5 Å². The minimum atomic E-state index is -0.108. The van der Waals surface area contributed by atoms with E-state index in [0.717, 1.165) is 30.5 Å². The second-order valence-electron chi connectivity index (χ2n) is 6.54. The first-order valence-corrected chi connectivity index (χ1v) is 8.25. The van der Waals surface area contributed by atoms with Crippen molar-refractivity contribution in [2.24, 2.45) is 11.7 Å². The smallest absolute Gasteiger partial charge is 0.257 e. The second-order valence-corrected chi connectivity index (χ2v) is 6.54. The average Bonchev–Trinajstić information content (AvgIpc) is 3.12. The molecule has 24 heavy (non-hydrogen) atoms. The number of likely N-dealkylation sites (tertiary alicyclic amines) is 1. The maximum Gasteiger partial charge on any atom is 0.257 e. The number of carbonyl (C=O) groups excluding carboxylic acids is 1. The number of nitrogens with zero attached hydrogens (tertiary/aromatic N) is 4. The molecule has 1 aliphatic heterocycles. The zero-order chi connectivity index (χ0) is 16.8. The van der Waals surface area contributed by atoms with Gasteiger partial charge in [0.1, 0.15) is 0 Å². The van der Waals surface area contributed by atoms with Crippen molar-refractivity contribution in [2.75, 3.05) is 19.6 Å². The van der Waals surface area contributed by atoms with E-state index in [1.54, 1.807) is 11.1 Å². The Bertz CT molecular complexity index is 862. The molecule has 0 unspecified atom stereocenters. The van der Waals surface area contributed by atoms with E-state index >= 15 is 0 Å². The fraction of sp³-hybridized carbons (Fsp3) is 0.500. The molecule has 4 rings (SSSR count). The van der Waals surface area contributed by atoms with Crippen molar-refractivity contribution in [3.8, 4) is 5.95 Å². The third-order valence-corrected chi connectivity index (χ3v) is 4.95. The molecular weight excluding hydrogens is 308 g/mol. The lowest BCUT2D eigenvalue weighted by atomic mass is 9.99. The van der Waals surface area contributed by atoms with Gasteiger partial charge in [-0.05, 0) is 32.7 Å². The minimum Gasteiger partial charge on any atom is -0.338 e. The van der Waals surface area contributed by atoms with Crippen LogP contribution >= 0.6 is 0 Å². The Morgan fingerprint density at radius 1 is 1.42 bits per heavy atom. The van der Waals surface area contributed by atoms with Crippen molar-refractivity contribution < 1.29 is 4.79 Å². The molecule has 0 radical (unpaired) electrons. The first kappa shape index (κ1) is 15.1. The molecule has 8 heteroatoms. The number of nitrogens with one attached hydrogen (secondary N) is 1. The molecule has 1 fully saturated rings. The standard InChI is InChI=1S/C16H20N6O2/c1-9-12(15(24)21-7-10(5-17)8-21)6-18-22(9)16-19-13-4-2-3-11(13)14(23)20-16/h6,10H,2-5,7-8,17H2,1H3,(H,19,20,23). The van der Waals surface area contributed by atoms with Gasteiger partial charge in [-0.25, -0.2) is 9.67 Å². The van der Waals surface area contributed by atoms with Crippen molar-refractivity contribution in [1.82, 2.24) is 24.6 Å². The number of aromatic nitrogens is 4. The van der Waals surface area contributed by atoms with Crippen molar-refractivity contribution in [3.63, 3.8) is 0 Å². The van der Waals surface area contributed by atoms with Gasteiger partial charge < -0.3 is 10.6 Å². The largest absolute Gasteiger partial charge is 0.338 e. The fourth-order valence-electron chi connectivity index (χ4n) is 3.42. The number of hydrogen-bond acceptors (Lipinski definition) is 5. The van der Waals surface area contributed by atoms with Crippen molar-refractivity contribution >= 4 is 5.91 Å². The molecule has 0 bridgehead atoms. The van der Waals surface area contributed by atoms with Crippen molar-refractivity contribution in [2.45, 2.75) is 26.2 Å². The van der Waals surface area contributed by atoms with Gasteiger partial charge in [0.2, 0.25) is 5.95 Å². The highest BCUT2D eigenvalue weighted by molar-refractivity contribution is 5.95. The maximum absolute atomic E-state index is 12.5. The number of amides is 1. The van der Waals surface area contributed by atoms with Crippen LogP contribution in [0.4, 0.5) is 0 Å². The van der Waals surface area contributed by atoms with Crippen LogP contribution in [-0.2, 0) is 12.8 Å². The summed E-state index contributed by atoms with van der Waals surface area (Å²) in [7, 11) is 0. The van der Waals surface area contributed by atoms with E-state index in [2.05, 4.69) is 15.1 Å². The van der Waals surface area contributed by atoms with Gasteiger partial charge in [-0.15, -0.1) is 0 Å². The monoisotopic (exact) mass is 328 g/mol. The van der Waals surface area contributed by atoms with Crippen LogP contribution in [0.15, 0.2) is 11.0 Å². The highest BCUT2D eigenvalue weighted by atomic mass is 16.2. The summed E-state index contributed by atoms with van der Waals surface area (Å²) in [6, 6.07) is 0. The van der Waals surface area contributed by atoms with E-state index in [9.17, 15) is 9.59 Å². The van der Waals surface area contributed by atoms with Gasteiger partial charge in [-0.1, -0.05) is 0 Å². The van der Waals surface area contributed by atoms with Gasteiger partial charge in [-0.3, -0.25) is 14.6 Å². The number of aromatic amines is 1. The fourth-order valence-corrected chi connectivity index (χ4v) is 3.42. The summed E-state index contributed by atoms with van der Waals surface area (Å²) >= 11 is 0. The number of H-pyrrole nitrogens is 1. The van der Waals surface area contributed by atoms with Crippen LogP contribution in [0, 0.1) is 12.8 Å². The van der Waals surface area contributed by atoms with Crippen LogP contribution in [0.2, 0.25) is 0 Å². The molecule has 1 amide bonds. The third-order valence-electron chi connectivity index (χ3n) is 4.95. The second kappa shape index (κ2) is 5.55. The number of carbonyl (C=O) groups is 1. The first-order valence-electron chi connectivity index (χ1n) is 8.25. The molecule has 3 heterocycles. The van der Waals surface area contributed by atoms with Crippen LogP contribution in [-0.4, -0.2) is 50.2 Å². The summed E-state index contributed by atoms with van der Waals surface area (Å²) in [6.45, 7) is 3.79. The Kier molecular flexibility index (Phi) is 3.49. The van der Waals surface area contributed by atoms with Crippen molar-refractivity contribution in [1.29, 1.82) is 0 Å². The van der Waals surface area contributed by atoms with Crippen molar-refractivity contribution in [3.05, 3.63) is 39.1 Å². The Hall–Kier alpha value is -2.48. The molecule has 0 atom stereocenters. The zero-order valence-corrected chi connectivity index (χ0v) is 13.6. The summed E-state index contributed by atoms with van der Waals surface area (Å²) in [5.74, 6) is 0.714. The lowest BCUT2D eigenvalue weighted by Gasteiger charge is -2.38. The summed E-state index contributed by atoms with van der Waals surface area (Å²) < 4.78 is 1.54. The highest BCUT2D eigenvalue weighted by Crippen LogP contribution is 2.21. The van der Waals surface area contributed by atoms with E-state index in [1.807, 2.05) is 6.92 Å². The SMILES string of the molecule is Cc1c(C(=O)N2CC(CN)C2)cnn1-c1nc2c(c(=O)[nH]1)CCC2. The summed E-state index contributed by atoms with van der Waals surface area (Å²) in [4.78, 5) is 33.8. The average molecular weight is 328 g/mol. The summed E-state index contributed by atoms with van der Waals surface area (Å²) in [5, 5.41) is 4.27. The van der Waals surface area contributed by atoms with E-state index in [0.29, 0.717) is 42.8 Å². The van der Waals surface area contributed by atoms with Gasteiger partial charge >= 0.3 is 0 Å². The molecule has 3 N–H and O–H groups in total. The lowest BCUT2D eigenvalue weighted by Crippen LogP contribution is -2.52. The molecule has 0 aromatic carbocycles. The molecule has 0 spiro atoms. The maximum atomic E-state index is 12.5. The van der Waals surface area contributed by atoms with Crippen LogP contribution in [0.5, 0.6) is 0 Å². The summed E-state index contributed by atoms with van der Waals surface area (Å²) in [5.41, 5.74) is 8.32. The molecule has 126 valence electrons. The van der Waals surface area contributed by atoms with Gasteiger partial charge in [0.15, 0.2) is 0 Å². The Morgan fingerprint density at radius 3 is 2.96 bits per heavy atom. The molecule has 1 saturated heterocycles. The Balaban J connectivity index is 1.65. The molecule has 2 aromatic rings. The predicted molar refractivity (Wildman–Crippen MR) is 87.2 cm³/mol. The topological polar surface area (TPSA) is 110 Å². The zero-order valence-electron chi connectivity index (χ0n) is 13.6.